The molecule has 0 amide bonds. The molecule has 2 aromatic heterocycles. The number of pyridine rings is 1. The zero-order valence-corrected chi connectivity index (χ0v) is 10.9. The van der Waals surface area contributed by atoms with Gasteiger partial charge in [-0.15, -0.1) is 0 Å². The van der Waals surface area contributed by atoms with E-state index >= 15 is 0 Å². The molecule has 2 N–H and O–H groups in total. The molecule has 0 fully saturated rings. The summed E-state index contributed by atoms with van der Waals surface area (Å²) in [5, 5.41) is 4.33. The summed E-state index contributed by atoms with van der Waals surface area (Å²) >= 11 is 0. The maximum atomic E-state index is 6.31. The van der Waals surface area contributed by atoms with E-state index in [4.69, 9.17) is 10.5 Å². The van der Waals surface area contributed by atoms with E-state index in [1.807, 2.05) is 16.8 Å². The smallest absolute Gasteiger partial charge is 0.161 e. The molecule has 2 heterocycles. The first kappa shape index (κ1) is 12.6. The first-order valence-corrected chi connectivity index (χ1v) is 5.92. The fourth-order valence-electron chi connectivity index (χ4n) is 1.95. The van der Waals surface area contributed by atoms with Crippen LogP contribution in [0.2, 0.25) is 0 Å². The highest BCUT2D eigenvalue weighted by atomic mass is 16.5. The van der Waals surface area contributed by atoms with Crippen molar-refractivity contribution in [3.05, 3.63) is 42.0 Å². The number of nitrogens with two attached hydrogens (primary N) is 1. The van der Waals surface area contributed by atoms with E-state index in [1.54, 1.807) is 25.7 Å². The van der Waals surface area contributed by atoms with Crippen LogP contribution in [0.15, 0.2) is 30.7 Å². The summed E-state index contributed by atoms with van der Waals surface area (Å²) in [6.45, 7) is 4.13. The number of aromatic nitrogens is 3. The van der Waals surface area contributed by atoms with E-state index in [-0.39, 0.29) is 12.1 Å². The Morgan fingerprint density at radius 2 is 1.94 bits per heavy atom. The minimum atomic E-state index is -0.271. The molecule has 96 valence electrons. The zero-order chi connectivity index (χ0) is 13.1. The van der Waals surface area contributed by atoms with Crippen LogP contribution in [0.4, 0.5) is 0 Å². The van der Waals surface area contributed by atoms with Crippen molar-refractivity contribution in [2.45, 2.75) is 25.9 Å². The van der Waals surface area contributed by atoms with Gasteiger partial charge in [-0.05, 0) is 31.5 Å². The Hall–Kier alpha value is -1.88. The predicted molar refractivity (Wildman–Crippen MR) is 69.4 cm³/mol. The number of hydrogen-bond acceptors (Lipinski definition) is 4. The first-order valence-electron chi connectivity index (χ1n) is 5.92. The lowest BCUT2D eigenvalue weighted by Crippen LogP contribution is -2.19. The Morgan fingerprint density at radius 3 is 2.50 bits per heavy atom. The molecule has 2 aromatic rings. The number of methoxy groups -OCH3 is 1. The lowest BCUT2D eigenvalue weighted by atomic mass is 10.1. The minimum absolute atomic E-state index is 0.233. The van der Waals surface area contributed by atoms with Crippen LogP contribution in [0.5, 0.6) is 5.75 Å². The average molecular weight is 246 g/mol. The molecule has 1 unspecified atom stereocenters. The third-order valence-electron chi connectivity index (χ3n) is 2.87. The highest BCUT2D eigenvalue weighted by Crippen LogP contribution is 2.29. The van der Waals surface area contributed by atoms with Crippen molar-refractivity contribution < 1.29 is 4.74 Å². The Kier molecular flexibility index (Phi) is 3.62. The SMILES string of the molecule is COc1cnn(C(C)C)c1C(N)c1ccncc1. The summed E-state index contributed by atoms with van der Waals surface area (Å²) in [6.07, 6.45) is 5.17. The third-order valence-corrected chi connectivity index (χ3v) is 2.87. The summed E-state index contributed by atoms with van der Waals surface area (Å²) in [5.41, 5.74) is 8.19. The molecule has 0 aliphatic heterocycles. The molecule has 0 bridgehead atoms. The molecule has 0 spiro atoms. The van der Waals surface area contributed by atoms with Crippen LogP contribution in [-0.4, -0.2) is 21.9 Å². The molecule has 0 saturated heterocycles. The molecule has 5 heteroatoms. The molecule has 1 atom stereocenters. The quantitative estimate of drug-likeness (QED) is 0.895. The van der Waals surface area contributed by atoms with Gasteiger partial charge in [0.05, 0.1) is 19.3 Å². The summed E-state index contributed by atoms with van der Waals surface area (Å²) in [7, 11) is 1.63. The first-order chi connectivity index (χ1) is 8.65. The van der Waals surface area contributed by atoms with Gasteiger partial charge in [0.25, 0.3) is 0 Å². The van der Waals surface area contributed by atoms with Crippen LogP contribution in [0.25, 0.3) is 0 Å². The van der Waals surface area contributed by atoms with Crippen molar-refractivity contribution in [3.8, 4) is 5.75 Å². The number of nitrogens with zero attached hydrogens (tertiary/aromatic N) is 3. The van der Waals surface area contributed by atoms with Gasteiger partial charge >= 0.3 is 0 Å². The second-order valence-corrected chi connectivity index (χ2v) is 4.39. The van der Waals surface area contributed by atoms with E-state index in [1.165, 1.54) is 0 Å². The predicted octanol–water partition coefficient (Wildman–Crippen LogP) is 1.92. The van der Waals surface area contributed by atoms with E-state index < -0.39 is 0 Å². The standard InChI is InChI=1S/C13H18N4O/c1-9(2)17-13(11(18-3)8-16-17)12(14)10-4-6-15-7-5-10/h4-9,12H,14H2,1-3H3. The van der Waals surface area contributed by atoms with E-state index in [0.29, 0.717) is 5.75 Å². The maximum absolute atomic E-state index is 6.31. The van der Waals surface area contributed by atoms with Gasteiger partial charge in [0.15, 0.2) is 5.75 Å². The van der Waals surface area contributed by atoms with Gasteiger partial charge in [0.1, 0.15) is 5.69 Å². The number of hydrogen-bond donors (Lipinski definition) is 1. The second kappa shape index (κ2) is 5.18. The molecule has 0 aliphatic rings. The number of ether oxygens (including phenoxy) is 1. The van der Waals surface area contributed by atoms with Crippen LogP contribution in [-0.2, 0) is 0 Å². The monoisotopic (exact) mass is 246 g/mol. The van der Waals surface area contributed by atoms with Crippen molar-refractivity contribution in [2.24, 2.45) is 5.73 Å². The minimum Gasteiger partial charge on any atom is -0.493 e. The van der Waals surface area contributed by atoms with Crippen LogP contribution >= 0.6 is 0 Å². The molecule has 2 rings (SSSR count). The van der Waals surface area contributed by atoms with Gasteiger partial charge in [0, 0.05) is 18.4 Å². The van der Waals surface area contributed by atoms with Gasteiger partial charge in [-0.3, -0.25) is 9.67 Å². The maximum Gasteiger partial charge on any atom is 0.161 e. The Labute approximate surface area is 107 Å². The van der Waals surface area contributed by atoms with Gasteiger partial charge < -0.3 is 10.5 Å². The highest BCUT2D eigenvalue weighted by molar-refractivity contribution is 5.35. The molecular weight excluding hydrogens is 228 g/mol. The Morgan fingerprint density at radius 1 is 1.28 bits per heavy atom. The van der Waals surface area contributed by atoms with Crippen LogP contribution in [0.1, 0.15) is 37.2 Å². The lowest BCUT2D eigenvalue weighted by Gasteiger charge is -2.18. The molecule has 0 aromatic carbocycles. The number of rotatable bonds is 4. The third kappa shape index (κ3) is 2.22. The van der Waals surface area contributed by atoms with Crippen LogP contribution in [0.3, 0.4) is 0 Å². The molecule has 0 radical (unpaired) electrons. The fourth-order valence-corrected chi connectivity index (χ4v) is 1.95. The van der Waals surface area contributed by atoms with Crippen LogP contribution < -0.4 is 10.5 Å². The van der Waals surface area contributed by atoms with Crippen molar-refractivity contribution in [3.63, 3.8) is 0 Å². The van der Waals surface area contributed by atoms with Gasteiger partial charge in [-0.2, -0.15) is 5.10 Å². The topological polar surface area (TPSA) is 66.0 Å². The fraction of sp³-hybridized carbons (Fsp3) is 0.385. The Bertz CT molecular complexity index is 507. The van der Waals surface area contributed by atoms with Crippen molar-refractivity contribution in [1.29, 1.82) is 0 Å². The molecule has 0 aliphatic carbocycles. The van der Waals surface area contributed by atoms with Crippen LogP contribution in [0, 0.1) is 0 Å². The Balaban J connectivity index is 2.46. The summed E-state index contributed by atoms with van der Waals surface area (Å²) in [6, 6.07) is 3.77. The molecular formula is C13H18N4O. The second-order valence-electron chi connectivity index (χ2n) is 4.39. The van der Waals surface area contributed by atoms with Gasteiger partial charge in [-0.25, -0.2) is 0 Å². The molecule has 0 saturated carbocycles. The largest absolute Gasteiger partial charge is 0.493 e. The molecule has 5 nitrogen and oxygen atoms in total. The summed E-state index contributed by atoms with van der Waals surface area (Å²) < 4.78 is 7.23. The molecule has 18 heavy (non-hydrogen) atoms. The van der Waals surface area contributed by atoms with Crippen molar-refractivity contribution >= 4 is 0 Å². The summed E-state index contributed by atoms with van der Waals surface area (Å²) in [4.78, 5) is 4.00. The zero-order valence-electron chi connectivity index (χ0n) is 10.9. The normalized spacial score (nSPS) is 12.7. The summed E-state index contributed by atoms with van der Waals surface area (Å²) in [5.74, 6) is 0.716. The van der Waals surface area contributed by atoms with E-state index in [9.17, 15) is 0 Å². The van der Waals surface area contributed by atoms with E-state index in [0.717, 1.165) is 11.3 Å². The lowest BCUT2D eigenvalue weighted by molar-refractivity contribution is 0.401. The van der Waals surface area contributed by atoms with E-state index in [2.05, 4.69) is 23.9 Å². The van der Waals surface area contributed by atoms with Gasteiger partial charge in [0.2, 0.25) is 0 Å². The van der Waals surface area contributed by atoms with Gasteiger partial charge in [-0.1, -0.05) is 0 Å². The highest BCUT2D eigenvalue weighted by Gasteiger charge is 2.21. The van der Waals surface area contributed by atoms with Crippen molar-refractivity contribution in [2.75, 3.05) is 7.11 Å². The average Bonchev–Trinajstić information content (AvgIpc) is 2.82. The van der Waals surface area contributed by atoms with Crippen molar-refractivity contribution in [1.82, 2.24) is 14.8 Å².